The van der Waals surface area contributed by atoms with Crippen LogP contribution in [-0.4, -0.2) is 38.1 Å². The van der Waals surface area contributed by atoms with Gasteiger partial charge in [-0.05, 0) is 43.2 Å². The van der Waals surface area contributed by atoms with E-state index in [1.807, 2.05) is 76.5 Å². The van der Waals surface area contributed by atoms with Gasteiger partial charge in [-0.3, -0.25) is 9.69 Å². The normalized spacial score (nSPS) is 17.9. The maximum Gasteiger partial charge on any atom is 0.266 e. The standard InChI is InChI=1S/C27H23N3O3S2/c1-32-21-13-7-8-17-14-22(33-25(17)21)24-18(16-29(28-24)19-9-3-2-4-10-19)15-23-26(31)30(27(34)35-23)20-11-5-6-12-20/h2-4,7-10,13-16,20H,5-6,11-12H2,1H3. The summed E-state index contributed by atoms with van der Waals surface area (Å²) in [5.74, 6) is 1.25. The molecule has 3 heterocycles. The van der Waals surface area contributed by atoms with Gasteiger partial charge in [-0.15, -0.1) is 0 Å². The van der Waals surface area contributed by atoms with Crippen molar-refractivity contribution in [2.45, 2.75) is 31.7 Å². The first kappa shape index (κ1) is 22.1. The molecule has 0 spiro atoms. The summed E-state index contributed by atoms with van der Waals surface area (Å²) in [4.78, 5) is 15.8. The smallest absolute Gasteiger partial charge is 0.266 e. The van der Waals surface area contributed by atoms with E-state index >= 15 is 0 Å². The number of nitrogens with zero attached hydrogens (tertiary/aromatic N) is 3. The highest BCUT2D eigenvalue weighted by Gasteiger charge is 2.38. The second-order valence-electron chi connectivity index (χ2n) is 8.69. The Kier molecular flexibility index (Phi) is 5.70. The van der Waals surface area contributed by atoms with Crippen LogP contribution in [0.5, 0.6) is 5.75 Å². The molecule has 1 aliphatic heterocycles. The molecule has 2 fully saturated rings. The van der Waals surface area contributed by atoms with Crippen molar-refractivity contribution in [3.63, 3.8) is 0 Å². The lowest BCUT2D eigenvalue weighted by Crippen LogP contribution is -2.36. The van der Waals surface area contributed by atoms with Crippen LogP contribution in [0.25, 0.3) is 34.2 Å². The number of carbonyl (C=O) groups is 1. The Morgan fingerprint density at radius 3 is 2.71 bits per heavy atom. The average Bonchev–Trinajstić information content (AvgIpc) is 3.66. The summed E-state index contributed by atoms with van der Waals surface area (Å²) in [5, 5.41) is 5.78. The monoisotopic (exact) mass is 501 g/mol. The summed E-state index contributed by atoms with van der Waals surface area (Å²) in [6.07, 6.45) is 8.13. The highest BCUT2D eigenvalue weighted by atomic mass is 32.2. The number of furan rings is 1. The minimum absolute atomic E-state index is 0.0170. The SMILES string of the molecule is COc1cccc2cc(-c3nn(-c4ccccc4)cc3C=C3SC(=S)N(C4CCCC4)C3=O)oc12. The van der Waals surface area contributed by atoms with Crippen LogP contribution in [0.3, 0.4) is 0 Å². The van der Waals surface area contributed by atoms with Crippen LogP contribution in [0, 0.1) is 0 Å². The molecule has 35 heavy (non-hydrogen) atoms. The minimum atomic E-state index is -0.0170. The molecule has 0 atom stereocenters. The first-order chi connectivity index (χ1) is 17.1. The van der Waals surface area contributed by atoms with Gasteiger partial charge in [0.1, 0.15) is 10.0 Å². The third kappa shape index (κ3) is 3.96. The first-order valence-electron chi connectivity index (χ1n) is 11.6. The molecule has 1 saturated heterocycles. The van der Waals surface area contributed by atoms with E-state index in [0.29, 0.717) is 32.0 Å². The minimum Gasteiger partial charge on any atom is -0.493 e. The number of rotatable bonds is 5. The topological polar surface area (TPSA) is 60.5 Å². The number of amides is 1. The number of fused-ring (bicyclic) bond motifs is 1. The van der Waals surface area contributed by atoms with E-state index in [0.717, 1.165) is 42.3 Å². The highest BCUT2D eigenvalue weighted by Crippen LogP contribution is 2.40. The molecule has 1 aliphatic carbocycles. The maximum absolute atomic E-state index is 13.3. The van der Waals surface area contributed by atoms with Crippen LogP contribution < -0.4 is 4.74 Å². The fourth-order valence-corrected chi connectivity index (χ4v) is 6.20. The zero-order valence-corrected chi connectivity index (χ0v) is 20.8. The maximum atomic E-state index is 13.3. The Hall–Kier alpha value is -3.36. The molecule has 0 unspecified atom stereocenters. The second kappa shape index (κ2) is 9.02. The van der Waals surface area contributed by atoms with E-state index in [2.05, 4.69) is 0 Å². The van der Waals surface area contributed by atoms with Crippen LogP contribution in [0.1, 0.15) is 31.2 Å². The van der Waals surface area contributed by atoms with Crippen molar-refractivity contribution in [1.29, 1.82) is 0 Å². The lowest BCUT2D eigenvalue weighted by atomic mass is 10.1. The number of carbonyl (C=O) groups excluding carboxylic acids is 1. The lowest BCUT2D eigenvalue weighted by molar-refractivity contribution is -0.123. The van der Waals surface area contributed by atoms with Crippen LogP contribution >= 0.6 is 24.0 Å². The van der Waals surface area contributed by atoms with Gasteiger partial charge in [0.25, 0.3) is 5.91 Å². The number of benzene rings is 2. The molecule has 0 bridgehead atoms. The number of thioether (sulfide) groups is 1. The van der Waals surface area contributed by atoms with E-state index in [4.69, 9.17) is 26.5 Å². The highest BCUT2D eigenvalue weighted by molar-refractivity contribution is 8.26. The predicted molar refractivity (Wildman–Crippen MR) is 143 cm³/mol. The summed E-state index contributed by atoms with van der Waals surface area (Å²) in [7, 11) is 1.62. The molecule has 2 aromatic heterocycles. The van der Waals surface area contributed by atoms with Gasteiger partial charge in [0.05, 0.1) is 17.7 Å². The van der Waals surface area contributed by atoms with Crippen molar-refractivity contribution in [2.24, 2.45) is 0 Å². The van der Waals surface area contributed by atoms with Crippen LogP contribution in [0.4, 0.5) is 0 Å². The molecule has 6 nitrogen and oxygen atoms in total. The third-order valence-electron chi connectivity index (χ3n) is 6.52. The van der Waals surface area contributed by atoms with E-state index < -0.39 is 0 Å². The van der Waals surface area contributed by atoms with Gasteiger partial charge in [0.2, 0.25) is 0 Å². The number of aromatic nitrogens is 2. The van der Waals surface area contributed by atoms with E-state index in [-0.39, 0.29) is 11.9 Å². The van der Waals surface area contributed by atoms with Gasteiger partial charge >= 0.3 is 0 Å². The predicted octanol–water partition coefficient (Wildman–Crippen LogP) is 6.44. The van der Waals surface area contributed by atoms with Gasteiger partial charge < -0.3 is 9.15 Å². The van der Waals surface area contributed by atoms with Gasteiger partial charge in [-0.25, -0.2) is 4.68 Å². The Morgan fingerprint density at radius 2 is 1.94 bits per heavy atom. The second-order valence-corrected chi connectivity index (χ2v) is 10.4. The van der Waals surface area contributed by atoms with Crippen LogP contribution in [-0.2, 0) is 4.79 Å². The lowest BCUT2D eigenvalue weighted by Gasteiger charge is -2.21. The summed E-state index contributed by atoms with van der Waals surface area (Å²) < 4.78 is 14.1. The average molecular weight is 502 g/mol. The zero-order chi connectivity index (χ0) is 23.9. The fraction of sp³-hybridized carbons (Fsp3) is 0.222. The molecule has 0 radical (unpaired) electrons. The van der Waals surface area contributed by atoms with E-state index in [1.165, 1.54) is 11.8 Å². The van der Waals surface area contributed by atoms with Gasteiger partial charge in [-0.2, -0.15) is 5.10 Å². The molecule has 176 valence electrons. The van der Waals surface area contributed by atoms with Crippen LogP contribution in [0.15, 0.2) is 70.1 Å². The Labute approximate surface area is 212 Å². The number of thiocarbonyl (C=S) groups is 1. The van der Waals surface area contributed by atoms with E-state index in [1.54, 1.807) is 7.11 Å². The van der Waals surface area contributed by atoms with E-state index in [9.17, 15) is 4.79 Å². The first-order valence-corrected chi connectivity index (χ1v) is 12.8. The number of hydrogen-bond donors (Lipinski definition) is 0. The summed E-state index contributed by atoms with van der Waals surface area (Å²) in [5.41, 5.74) is 3.02. The molecule has 2 aliphatic rings. The summed E-state index contributed by atoms with van der Waals surface area (Å²) >= 11 is 6.97. The van der Waals surface area contributed by atoms with Crippen molar-refractivity contribution in [3.8, 4) is 22.9 Å². The van der Waals surface area contributed by atoms with Crippen molar-refractivity contribution in [1.82, 2.24) is 14.7 Å². The number of hydrogen-bond acceptors (Lipinski definition) is 6. The largest absolute Gasteiger partial charge is 0.493 e. The van der Waals surface area contributed by atoms with Gasteiger partial charge in [0.15, 0.2) is 17.1 Å². The van der Waals surface area contributed by atoms with Crippen molar-refractivity contribution < 1.29 is 13.9 Å². The molecule has 1 saturated carbocycles. The quantitative estimate of drug-likeness (QED) is 0.232. The molecular weight excluding hydrogens is 478 g/mol. The van der Waals surface area contributed by atoms with Crippen LogP contribution in [0.2, 0.25) is 0 Å². The molecule has 4 aromatic rings. The Bertz CT molecular complexity index is 1470. The summed E-state index contributed by atoms with van der Waals surface area (Å²) in [6.45, 7) is 0. The number of methoxy groups -OCH3 is 1. The van der Waals surface area contributed by atoms with Gasteiger partial charge in [0, 0.05) is 23.2 Å². The molecule has 2 aromatic carbocycles. The summed E-state index contributed by atoms with van der Waals surface area (Å²) in [6, 6.07) is 17.8. The van der Waals surface area contributed by atoms with Gasteiger partial charge in [-0.1, -0.05) is 67.2 Å². The van der Waals surface area contributed by atoms with Crippen molar-refractivity contribution in [2.75, 3.05) is 7.11 Å². The van der Waals surface area contributed by atoms with Crippen molar-refractivity contribution >= 4 is 51.3 Å². The molecule has 8 heteroatoms. The molecule has 6 rings (SSSR count). The zero-order valence-electron chi connectivity index (χ0n) is 19.1. The Balaban J connectivity index is 1.46. The number of ether oxygens (including phenoxy) is 1. The number of para-hydroxylation sites is 2. The Morgan fingerprint density at radius 1 is 1.14 bits per heavy atom. The fourth-order valence-electron chi connectivity index (χ4n) is 4.81. The molecule has 1 amide bonds. The third-order valence-corrected chi connectivity index (χ3v) is 7.85. The molecule has 0 N–H and O–H groups in total. The van der Waals surface area contributed by atoms with Crippen molar-refractivity contribution in [3.05, 3.63) is 71.3 Å². The molecular formula is C27H23N3O3S2.